The van der Waals surface area contributed by atoms with Crippen molar-refractivity contribution in [2.24, 2.45) is 0 Å². The van der Waals surface area contributed by atoms with Crippen LogP contribution in [-0.2, 0) is 19.6 Å². The van der Waals surface area contributed by atoms with Crippen molar-refractivity contribution in [2.45, 2.75) is 26.0 Å². The first kappa shape index (κ1) is 20.8. The van der Waals surface area contributed by atoms with Gasteiger partial charge >= 0.3 is 6.01 Å². The van der Waals surface area contributed by atoms with Gasteiger partial charge in [-0.3, -0.25) is 4.57 Å². The molecule has 3 heterocycles. The number of nitrogen functional groups attached to an aromatic ring is 1. The van der Waals surface area contributed by atoms with Gasteiger partial charge in [-0.2, -0.15) is 15.0 Å². The van der Waals surface area contributed by atoms with Gasteiger partial charge in [-0.1, -0.05) is 30.4 Å². The third-order valence-electron chi connectivity index (χ3n) is 5.40. The van der Waals surface area contributed by atoms with Gasteiger partial charge in [0.05, 0.1) is 19.8 Å². The summed E-state index contributed by atoms with van der Waals surface area (Å²) >= 11 is 0. The molecule has 4 aromatic rings. The van der Waals surface area contributed by atoms with Crippen LogP contribution in [0.1, 0.15) is 23.1 Å². The zero-order valence-corrected chi connectivity index (χ0v) is 17.8. The summed E-state index contributed by atoms with van der Waals surface area (Å²) in [5.74, 6) is 1.58. The molecule has 2 aromatic heterocycles. The average Bonchev–Trinajstić information content (AvgIpc) is 3.13. The van der Waals surface area contributed by atoms with E-state index in [-0.39, 0.29) is 24.4 Å². The van der Waals surface area contributed by atoms with Gasteiger partial charge < -0.3 is 25.4 Å². The maximum Gasteiger partial charge on any atom is 0.320 e. The first-order valence-corrected chi connectivity index (χ1v) is 10.6. The van der Waals surface area contributed by atoms with Crippen LogP contribution in [0.3, 0.4) is 0 Å². The number of benzene rings is 2. The van der Waals surface area contributed by atoms with Crippen LogP contribution in [0.2, 0.25) is 0 Å². The number of imidazole rings is 1. The summed E-state index contributed by atoms with van der Waals surface area (Å²) in [4.78, 5) is 12.7. The van der Waals surface area contributed by atoms with E-state index in [1.54, 1.807) is 4.57 Å². The number of aliphatic hydroxyl groups excluding tert-OH is 1. The molecule has 0 saturated heterocycles. The van der Waals surface area contributed by atoms with Crippen LogP contribution in [0.4, 0.5) is 5.82 Å². The lowest BCUT2D eigenvalue weighted by atomic mass is 10.1. The van der Waals surface area contributed by atoms with Crippen molar-refractivity contribution < 1.29 is 19.7 Å². The largest absolute Gasteiger partial charge is 0.480 e. The molecule has 0 spiro atoms. The molecule has 2 aromatic carbocycles. The van der Waals surface area contributed by atoms with Gasteiger partial charge in [-0.15, -0.1) is 0 Å². The molecule has 9 heteroatoms. The predicted octanol–water partition coefficient (Wildman–Crippen LogP) is 3.33. The lowest BCUT2D eigenvalue weighted by Crippen LogP contribution is -2.06. The fraction of sp³-hybridized carbons (Fsp3) is 0.208. The number of anilines is 1. The molecule has 168 valence electrons. The number of aromatic hydroxyl groups is 1. The molecule has 0 atom stereocenters. The normalized spacial score (nSPS) is 14.6. The molecule has 0 radical (unpaired) electrons. The molecule has 9 nitrogen and oxygen atoms in total. The number of aromatic nitrogens is 4. The molecule has 0 saturated carbocycles. The Labute approximate surface area is 189 Å². The molecular weight excluding hydrogens is 422 g/mol. The Morgan fingerprint density at radius 3 is 2.73 bits per heavy atom. The smallest absolute Gasteiger partial charge is 0.320 e. The standard InChI is InChI=1S/C24H23N5O4/c25-21-20-22-28-23(27-21)32-11-3-1-2-4-17-12-16(13-29(22)24(31)26-20)7-10-19(17)33-18-8-5-15(14-30)6-9-18/h1-2,5-10,12,30H,3-4,11,13-14H2,(H,26,31)(H2,25,27,28)/b2-1+. The first-order valence-electron chi connectivity index (χ1n) is 10.6. The monoisotopic (exact) mass is 445 g/mol. The molecular formula is C24H23N5O4. The molecule has 0 amide bonds. The molecule has 1 aliphatic rings. The Bertz CT molecular complexity index is 1330. The van der Waals surface area contributed by atoms with Crippen LogP contribution < -0.4 is 15.2 Å². The SMILES string of the molecule is Nc1nc2nc3c1nc(O)n3Cc1ccc(Oc3ccc(CO)cc3)c(c1)C/C=C/CCO2. The fourth-order valence-electron chi connectivity index (χ4n) is 3.71. The number of nitrogens with zero attached hydrogens (tertiary/aromatic N) is 4. The maximum absolute atomic E-state index is 10.5. The zero-order valence-electron chi connectivity index (χ0n) is 17.8. The van der Waals surface area contributed by atoms with Gasteiger partial charge in [-0.25, -0.2) is 0 Å². The minimum absolute atomic E-state index is 0.0113. The lowest BCUT2D eigenvalue weighted by Gasteiger charge is -2.14. The van der Waals surface area contributed by atoms with Crippen LogP contribution in [-0.4, -0.2) is 36.3 Å². The van der Waals surface area contributed by atoms with Gasteiger partial charge in [0.15, 0.2) is 17.0 Å². The molecule has 1 aliphatic heterocycles. The highest BCUT2D eigenvalue weighted by molar-refractivity contribution is 5.83. The quantitative estimate of drug-likeness (QED) is 0.410. The minimum Gasteiger partial charge on any atom is -0.480 e. The number of aliphatic hydroxyl groups is 1. The van der Waals surface area contributed by atoms with E-state index in [1.165, 1.54) is 0 Å². The zero-order chi connectivity index (χ0) is 22.8. The highest BCUT2D eigenvalue weighted by Crippen LogP contribution is 2.30. The minimum atomic E-state index is -0.194. The Hall–Kier alpha value is -4.11. The van der Waals surface area contributed by atoms with Crippen molar-refractivity contribution in [3.63, 3.8) is 0 Å². The summed E-state index contributed by atoms with van der Waals surface area (Å²) < 4.78 is 13.4. The fourth-order valence-corrected chi connectivity index (χ4v) is 3.71. The van der Waals surface area contributed by atoms with E-state index in [0.29, 0.717) is 42.9 Å². The number of ether oxygens (including phenoxy) is 2. The second-order valence-electron chi connectivity index (χ2n) is 7.72. The van der Waals surface area contributed by atoms with Crippen molar-refractivity contribution in [3.05, 3.63) is 71.3 Å². The Kier molecular flexibility index (Phi) is 5.54. The topological polar surface area (TPSA) is 129 Å². The van der Waals surface area contributed by atoms with Crippen molar-refractivity contribution in [2.75, 3.05) is 12.3 Å². The van der Waals surface area contributed by atoms with E-state index in [9.17, 15) is 10.2 Å². The lowest BCUT2D eigenvalue weighted by molar-refractivity contribution is 0.281. The van der Waals surface area contributed by atoms with E-state index in [1.807, 2.05) is 48.5 Å². The third-order valence-corrected chi connectivity index (χ3v) is 5.40. The van der Waals surface area contributed by atoms with Gasteiger partial charge in [0.1, 0.15) is 11.5 Å². The van der Waals surface area contributed by atoms with E-state index in [2.05, 4.69) is 21.0 Å². The van der Waals surface area contributed by atoms with Gasteiger partial charge in [-0.05, 0) is 53.8 Å². The van der Waals surface area contributed by atoms with E-state index >= 15 is 0 Å². The van der Waals surface area contributed by atoms with Crippen LogP contribution in [0.5, 0.6) is 23.5 Å². The molecule has 5 rings (SSSR count). The van der Waals surface area contributed by atoms with E-state index < -0.39 is 0 Å². The van der Waals surface area contributed by atoms with Crippen LogP contribution >= 0.6 is 0 Å². The highest BCUT2D eigenvalue weighted by Gasteiger charge is 2.18. The van der Waals surface area contributed by atoms with Gasteiger partial charge in [0.2, 0.25) is 0 Å². The number of fused-ring (bicyclic) bond motifs is 3. The third kappa shape index (κ3) is 4.31. The van der Waals surface area contributed by atoms with E-state index in [0.717, 1.165) is 22.4 Å². The summed E-state index contributed by atoms with van der Waals surface area (Å²) in [6, 6.07) is 13.2. The van der Waals surface area contributed by atoms with Crippen LogP contribution in [0.15, 0.2) is 54.6 Å². The number of allylic oxidation sites excluding steroid dienone is 1. The Balaban J connectivity index is 1.53. The van der Waals surface area contributed by atoms with Crippen molar-refractivity contribution in [1.29, 1.82) is 0 Å². The molecule has 0 unspecified atom stereocenters. The number of hydrogen-bond acceptors (Lipinski definition) is 8. The molecule has 0 aliphatic carbocycles. The second-order valence-corrected chi connectivity index (χ2v) is 7.72. The summed E-state index contributed by atoms with van der Waals surface area (Å²) in [6.07, 6.45) is 5.44. The van der Waals surface area contributed by atoms with Crippen molar-refractivity contribution in [3.8, 4) is 23.5 Å². The summed E-state index contributed by atoms with van der Waals surface area (Å²) in [5, 5.41) is 19.7. The number of nitrogens with two attached hydrogens (primary N) is 1. The van der Waals surface area contributed by atoms with E-state index in [4.69, 9.17) is 15.2 Å². The van der Waals surface area contributed by atoms with Crippen LogP contribution in [0, 0.1) is 0 Å². The van der Waals surface area contributed by atoms with Gasteiger partial charge in [0.25, 0.3) is 6.01 Å². The Morgan fingerprint density at radius 1 is 1.06 bits per heavy atom. The maximum atomic E-state index is 10.5. The molecule has 33 heavy (non-hydrogen) atoms. The Morgan fingerprint density at radius 2 is 1.91 bits per heavy atom. The summed E-state index contributed by atoms with van der Waals surface area (Å²) in [6.45, 7) is 0.713. The summed E-state index contributed by atoms with van der Waals surface area (Å²) in [7, 11) is 0. The number of hydrogen-bond donors (Lipinski definition) is 3. The molecule has 0 fully saturated rings. The molecule has 4 bridgehead atoms. The van der Waals surface area contributed by atoms with Crippen molar-refractivity contribution >= 4 is 17.0 Å². The predicted molar refractivity (Wildman–Crippen MR) is 122 cm³/mol. The van der Waals surface area contributed by atoms with Crippen LogP contribution in [0.25, 0.3) is 11.2 Å². The molecule has 4 N–H and O–H groups in total. The average molecular weight is 445 g/mol. The number of rotatable bonds is 3. The summed E-state index contributed by atoms with van der Waals surface area (Å²) in [5.41, 5.74) is 9.52. The van der Waals surface area contributed by atoms with Crippen molar-refractivity contribution in [1.82, 2.24) is 19.5 Å². The van der Waals surface area contributed by atoms with Gasteiger partial charge in [0, 0.05) is 0 Å². The highest BCUT2D eigenvalue weighted by atomic mass is 16.5. The first-order chi connectivity index (χ1) is 16.1. The second kappa shape index (κ2) is 8.79.